The number of carbonyl (C=O) groups is 1. The van der Waals surface area contributed by atoms with Crippen LogP contribution in [-0.4, -0.2) is 35.4 Å². The van der Waals surface area contributed by atoms with Crippen LogP contribution in [-0.2, 0) is 17.5 Å². The van der Waals surface area contributed by atoms with Gasteiger partial charge in [0.05, 0.1) is 29.3 Å². The van der Waals surface area contributed by atoms with Crippen molar-refractivity contribution in [3.8, 4) is 6.07 Å². The number of benzene rings is 2. The Morgan fingerprint density at radius 1 is 1.07 bits per heavy atom. The van der Waals surface area contributed by atoms with Crippen molar-refractivity contribution in [2.45, 2.75) is 12.7 Å². The topological polar surface area (TPSA) is 60.2 Å². The van der Waals surface area contributed by atoms with E-state index >= 15 is 0 Å². The number of pyridine rings is 1. The summed E-state index contributed by atoms with van der Waals surface area (Å²) in [6, 6.07) is 14.3. The van der Waals surface area contributed by atoms with Crippen LogP contribution >= 0.6 is 0 Å². The SMILES string of the molecule is N#Cc1ccc(CN2CCN(c3ccnc4cc(C(F)(F)F)ccc34)CC2=O)cc1. The van der Waals surface area contributed by atoms with Crippen molar-refractivity contribution in [1.82, 2.24) is 9.88 Å². The van der Waals surface area contributed by atoms with Gasteiger partial charge in [0.25, 0.3) is 0 Å². The molecule has 0 spiro atoms. The van der Waals surface area contributed by atoms with Gasteiger partial charge in [0.2, 0.25) is 5.91 Å². The van der Waals surface area contributed by atoms with E-state index in [4.69, 9.17) is 5.26 Å². The van der Waals surface area contributed by atoms with Gasteiger partial charge in [-0.1, -0.05) is 18.2 Å². The molecule has 3 aromatic rings. The van der Waals surface area contributed by atoms with Gasteiger partial charge < -0.3 is 9.80 Å². The van der Waals surface area contributed by atoms with Crippen LogP contribution in [0.4, 0.5) is 18.9 Å². The number of fused-ring (bicyclic) bond motifs is 1. The maximum absolute atomic E-state index is 13.0. The number of amides is 1. The van der Waals surface area contributed by atoms with E-state index in [0.29, 0.717) is 36.3 Å². The molecule has 1 aliphatic rings. The Bertz CT molecular complexity index is 1140. The highest BCUT2D eigenvalue weighted by atomic mass is 19.4. The zero-order valence-corrected chi connectivity index (χ0v) is 15.9. The molecule has 0 bridgehead atoms. The molecule has 1 amide bonds. The molecule has 2 heterocycles. The second-order valence-electron chi connectivity index (χ2n) is 7.11. The van der Waals surface area contributed by atoms with Gasteiger partial charge in [0, 0.05) is 36.9 Å². The fourth-order valence-corrected chi connectivity index (χ4v) is 3.57. The van der Waals surface area contributed by atoms with Crippen LogP contribution in [0.3, 0.4) is 0 Å². The van der Waals surface area contributed by atoms with Gasteiger partial charge >= 0.3 is 6.18 Å². The Hall–Kier alpha value is -3.60. The monoisotopic (exact) mass is 410 g/mol. The van der Waals surface area contributed by atoms with Crippen molar-refractivity contribution in [2.75, 3.05) is 24.5 Å². The molecular formula is C22H17F3N4O. The molecule has 0 N–H and O–H groups in total. The molecule has 0 saturated carbocycles. The first-order chi connectivity index (χ1) is 14.3. The summed E-state index contributed by atoms with van der Waals surface area (Å²) in [5.74, 6) is -0.0671. The summed E-state index contributed by atoms with van der Waals surface area (Å²) in [5, 5.41) is 9.46. The Morgan fingerprint density at radius 3 is 2.50 bits per heavy atom. The molecule has 1 fully saturated rings. The van der Waals surface area contributed by atoms with Crippen LogP contribution in [0.2, 0.25) is 0 Å². The lowest BCUT2D eigenvalue weighted by Gasteiger charge is -2.36. The predicted octanol–water partition coefficient (Wildman–Crippen LogP) is 3.97. The zero-order valence-electron chi connectivity index (χ0n) is 15.9. The normalized spacial score (nSPS) is 14.8. The number of hydrogen-bond acceptors (Lipinski definition) is 4. The molecule has 0 unspecified atom stereocenters. The second kappa shape index (κ2) is 7.67. The van der Waals surface area contributed by atoms with E-state index in [9.17, 15) is 18.0 Å². The number of aromatic nitrogens is 1. The molecule has 1 aromatic heterocycles. The van der Waals surface area contributed by atoms with Gasteiger partial charge in [-0.25, -0.2) is 0 Å². The number of carbonyl (C=O) groups excluding carboxylic acids is 1. The van der Waals surface area contributed by atoms with E-state index in [0.717, 1.165) is 17.7 Å². The summed E-state index contributed by atoms with van der Waals surface area (Å²) in [7, 11) is 0. The zero-order chi connectivity index (χ0) is 21.3. The number of anilines is 1. The van der Waals surface area contributed by atoms with E-state index in [1.807, 2.05) is 17.0 Å². The average molecular weight is 410 g/mol. The number of rotatable bonds is 3. The van der Waals surface area contributed by atoms with Crippen molar-refractivity contribution in [3.63, 3.8) is 0 Å². The van der Waals surface area contributed by atoms with Gasteiger partial charge in [-0.15, -0.1) is 0 Å². The second-order valence-corrected chi connectivity index (χ2v) is 7.11. The third-order valence-corrected chi connectivity index (χ3v) is 5.16. The van der Waals surface area contributed by atoms with Crippen LogP contribution < -0.4 is 4.90 Å². The molecular weight excluding hydrogens is 393 g/mol. The number of alkyl halides is 3. The van der Waals surface area contributed by atoms with Gasteiger partial charge in [0.15, 0.2) is 0 Å². The van der Waals surface area contributed by atoms with Gasteiger partial charge in [0.1, 0.15) is 0 Å². The van der Waals surface area contributed by atoms with Crippen LogP contribution in [0.15, 0.2) is 54.7 Å². The maximum Gasteiger partial charge on any atom is 0.416 e. The van der Waals surface area contributed by atoms with E-state index in [1.54, 1.807) is 23.1 Å². The van der Waals surface area contributed by atoms with Crippen LogP contribution in [0.5, 0.6) is 0 Å². The van der Waals surface area contributed by atoms with Crippen LogP contribution in [0, 0.1) is 11.3 Å². The molecule has 2 aromatic carbocycles. The molecule has 30 heavy (non-hydrogen) atoms. The van der Waals surface area contributed by atoms with Gasteiger partial charge in [-0.2, -0.15) is 18.4 Å². The first-order valence-corrected chi connectivity index (χ1v) is 9.33. The molecule has 1 saturated heterocycles. The fraction of sp³-hybridized carbons (Fsp3) is 0.227. The summed E-state index contributed by atoms with van der Waals surface area (Å²) in [5.41, 5.74) is 1.69. The number of piperazine rings is 1. The highest BCUT2D eigenvalue weighted by Crippen LogP contribution is 2.33. The van der Waals surface area contributed by atoms with E-state index in [2.05, 4.69) is 11.1 Å². The Kier molecular flexibility index (Phi) is 5.04. The van der Waals surface area contributed by atoms with E-state index < -0.39 is 11.7 Å². The van der Waals surface area contributed by atoms with Crippen molar-refractivity contribution < 1.29 is 18.0 Å². The highest BCUT2D eigenvalue weighted by Gasteiger charge is 2.31. The first-order valence-electron chi connectivity index (χ1n) is 9.33. The third kappa shape index (κ3) is 3.92. The predicted molar refractivity (Wildman–Crippen MR) is 106 cm³/mol. The van der Waals surface area contributed by atoms with Crippen LogP contribution in [0.1, 0.15) is 16.7 Å². The van der Waals surface area contributed by atoms with E-state index in [1.165, 1.54) is 12.3 Å². The lowest BCUT2D eigenvalue weighted by Crippen LogP contribution is -2.50. The van der Waals surface area contributed by atoms with Gasteiger partial charge in [-0.3, -0.25) is 9.78 Å². The van der Waals surface area contributed by atoms with Gasteiger partial charge in [-0.05, 0) is 35.9 Å². The van der Waals surface area contributed by atoms with Crippen molar-refractivity contribution in [2.24, 2.45) is 0 Å². The summed E-state index contributed by atoms with van der Waals surface area (Å²) in [6.45, 7) is 1.63. The maximum atomic E-state index is 13.0. The first kappa shape index (κ1) is 19.7. The summed E-state index contributed by atoms with van der Waals surface area (Å²) >= 11 is 0. The average Bonchev–Trinajstić information content (AvgIpc) is 2.74. The molecule has 1 aliphatic heterocycles. The smallest absolute Gasteiger partial charge is 0.360 e. The minimum atomic E-state index is -4.43. The van der Waals surface area contributed by atoms with E-state index in [-0.39, 0.29) is 18.0 Å². The minimum Gasteiger partial charge on any atom is -0.360 e. The number of halogens is 3. The number of nitrogens with zero attached hydrogens (tertiary/aromatic N) is 4. The lowest BCUT2D eigenvalue weighted by atomic mass is 10.1. The minimum absolute atomic E-state index is 0.0671. The molecule has 8 heteroatoms. The molecule has 0 aliphatic carbocycles. The number of nitriles is 1. The molecule has 5 nitrogen and oxygen atoms in total. The van der Waals surface area contributed by atoms with Crippen molar-refractivity contribution in [1.29, 1.82) is 5.26 Å². The fourth-order valence-electron chi connectivity index (χ4n) is 3.57. The van der Waals surface area contributed by atoms with Crippen molar-refractivity contribution >= 4 is 22.5 Å². The standard InChI is InChI=1S/C22H17F3N4O/c23-22(24,25)17-5-6-18-19(11-17)27-8-7-20(18)28-9-10-29(21(30)14-28)13-16-3-1-15(12-26)2-4-16/h1-8,11H,9-10,13-14H2. The molecule has 0 radical (unpaired) electrons. The van der Waals surface area contributed by atoms with Crippen LogP contribution in [0.25, 0.3) is 10.9 Å². The largest absolute Gasteiger partial charge is 0.416 e. The summed E-state index contributed by atoms with van der Waals surface area (Å²) < 4.78 is 38.9. The molecule has 0 atom stereocenters. The Labute approximate surface area is 171 Å². The van der Waals surface area contributed by atoms with Crippen molar-refractivity contribution in [3.05, 3.63) is 71.4 Å². The Balaban J connectivity index is 1.52. The quantitative estimate of drug-likeness (QED) is 0.656. The highest BCUT2D eigenvalue weighted by molar-refractivity contribution is 5.94. The molecule has 4 rings (SSSR count). The third-order valence-electron chi connectivity index (χ3n) is 5.16. The Morgan fingerprint density at radius 2 is 1.83 bits per heavy atom. The molecule has 152 valence electrons. The lowest BCUT2D eigenvalue weighted by molar-refractivity contribution is -0.137. The summed E-state index contributed by atoms with van der Waals surface area (Å²) in [6.07, 6.45) is -2.97. The summed E-state index contributed by atoms with van der Waals surface area (Å²) in [4.78, 5) is 20.4. The number of hydrogen-bond donors (Lipinski definition) is 0.